The fraction of sp³-hybridized carbons (Fsp3) is 0.353. The van der Waals surface area contributed by atoms with E-state index in [1.807, 2.05) is 19.1 Å². The average Bonchev–Trinajstić information content (AvgIpc) is 2.99. The molecule has 0 fully saturated rings. The van der Waals surface area contributed by atoms with Crippen LogP contribution < -0.4 is 10.9 Å². The lowest BCUT2D eigenvalue weighted by Crippen LogP contribution is -2.36. The summed E-state index contributed by atoms with van der Waals surface area (Å²) in [7, 11) is -3.58. The van der Waals surface area contributed by atoms with Gasteiger partial charge in [-0.25, -0.2) is 8.42 Å². The molecule has 0 aliphatic heterocycles. The van der Waals surface area contributed by atoms with Gasteiger partial charge >= 0.3 is 0 Å². The molecular formula is C17H23N3O3S. The van der Waals surface area contributed by atoms with Crippen molar-refractivity contribution in [3.63, 3.8) is 0 Å². The maximum atomic E-state index is 12.5. The second kappa shape index (κ2) is 7.63. The molecule has 1 aliphatic rings. The maximum absolute atomic E-state index is 12.5. The SMILES string of the molecule is CCN(CC)S(=O)(=O)c1cccc(C(=O)NNC2=CCC(C)=C2)c1. The van der Waals surface area contributed by atoms with Crippen LogP contribution in [0.4, 0.5) is 0 Å². The molecule has 0 heterocycles. The third-order valence-corrected chi connectivity index (χ3v) is 5.85. The number of nitrogens with zero attached hydrogens (tertiary/aromatic N) is 1. The van der Waals surface area contributed by atoms with Crippen LogP contribution in [0.2, 0.25) is 0 Å². The molecule has 2 rings (SSSR count). The number of amides is 1. The van der Waals surface area contributed by atoms with Gasteiger partial charge in [-0.2, -0.15) is 4.31 Å². The molecule has 6 nitrogen and oxygen atoms in total. The molecule has 130 valence electrons. The van der Waals surface area contributed by atoms with Crippen molar-refractivity contribution < 1.29 is 13.2 Å². The van der Waals surface area contributed by atoms with Crippen molar-refractivity contribution in [3.05, 3.63) is 53.3 Å². The number of allylic oxidation sites excluding steroid dienone is 3. The number of rotatable bonds is 7. The van der Waals surface area contributed by atoms with Crippen LogP contribution in [0.15, 0.2) is 52.6 Å². The number of carbonyl (C=O) groups is 1. The van der Waals surface area contributed by atoms with Crippen LogP contribution in [0, 0.1) is 0 Å². The van der Waals surface area contributed by atoms with E-state index < -0.39 is 10.0 Å². The van der Waals surface area contributed by atoms with Gasteiger partial charge < -0.3 is 0 Å². The van der Waals surface area contributed by atoms with Gasteiger partial charge in [0.15, 0.2) is 0 Å². The molecule has 0 radical (unpaired) electrons. The topological polar surface area (TPSA) is 78.5 Å². The molecular weight excluding hydrogens is 326 g/mol. The fourth-order valence-corrected chi connectivity index (χ4v) is 3.96. The molecule has 0 saturated heterocycles. The molecule has 24 heavy (non-hydrogen) atoms. The summed E-state index contributed by atoms with van der Waals surface area (Å²) in [6, 6.07) is 6.06. The lowest BCUT2D eigenvalue weighted by atomic mass is 10.2. The first kappa shape index (κ1) is 18.2. The molecule has 0 spiro atoms. The fourth-order valence-electron chi connectivity index (χ4n) is 2.45. The first-order valence-electron chi connectivity index (χ1n) is 7.92. The number of hydrazine groups is 1. The molecule has 0 atom stereocenters. The summed E-state index contributed by atoms with van der Waals surface area (Å²) in [5, 5.41) is 0. The summed E-state index contributed by atoms with van der Waals surface area (Å²) in [4.78, 5) is 12.4. The Balaban J connectivity index is 2.13. The van der Waals surface area contributed by atoms with E-state index in [4.69, 9.17) is 0 Å². The zero-order valence-electron chi connectivity index (χ0n) is 14.2. The molecule has 7 heteroatoms. The minimum absolute atomic E-state index is 0.120. The quantitative estimate of drug-likeness (QED) is 0.740. The standard InChI is InChI=1S/C17H23N3O3S/c1-4-20(5-2)24(22,23)16-8-6-7-14(12-16)17(21)19-18-15-10-9-13(3)11-15/h6-8,10-12,18H,4-5,9H2,1-3H3,(H,19,21). The second-order valence-corrected chi connectivity index (χ2v) is 7.49. The average molecular weight is 349 g/mol. The summed E-state index contributed by atoms with van der Waals surface area (Å²) < 4.78 is 26.4. The van der Waals surface area contributed by atoms with Crippen molar-refractivity contribution in [1.29, 1.82) is 0 Å². The molecule has 2 N–H and O–H groups in total. The second-order valence-electron chi connectivity index (χ2n) is 5.55. The first-order valence-corrected chi connectivity index (χ1v) is 9.36. The highest BCUT2D eigenvalue weighted by atomic mass is 32.2. The smallest absolute Gasteiger partial charge is 0.269 e. The van der Waals surface area contributed by atoms with Gasteiger partial charge in [-0.1, -0.05) is 31.6 Å². The van der Waals surface area contributed by atoms with Gasteiger partial charge in [-0.3, -0.25) is 15.6 Å². The van der Waals surface area contributed by atoms with Crippen LogP contribution in [-0.4, -0.2) is 31.7 Å². The van der Waals surface area contributed by atoms with Gasteiger partial charge in [-0.05, 0) is 37.6 Å². The van der Waals surface area contributed by atoms with Crippen LogP contribution >= 0.6 is 0 Å². The predicted octanol–water partition coefficient (Wildman–Crippen LogP) is 2.19. The van der Waals surface area contributed by atoms with Crippen LogP contribution in [-0.2, 0) is 10.0 Å². The number of carbonyl (C=O) groups excluding carboxylic acids is 1. The minimum Gasteiger partial charge on any atom is -0.299 e. The molecule has 1 aliphatic carbocycles. The van der Waals surface area contributed by atoms with E-state index in [0.29, 0.717) is 13.1 Å². The van der Waals surface area contributed by atoms with Crippen LogP contribution in [0.5, 0.6) is 0 Å². The van der Waals surface area contributed by atoms with Crippen LogP contribution in [0.25, 0.3) is 0 Å². The van der Waals surface area contributed by atoms with E-state index in [0.717, 1.165) is 12.1 Å². The zero-order chi connectivity index (χ0) is 17.7. The van der Waals surface area contributed by atoms with Gasteiger partial charge in [0, 0.05) is 18.7 Å². The van der Waals surface area contributed by atoms with Crippen molar-refractivity contribution in [2.24, 2.45) is 0 Å². The van der Waals surface area contributed by atoms with E-state index in [2.05, 4.69) is 10.9 Å². The van der Waals surface area contributed by atoms with Gasteiger partial charge in [0.05, 0.1) is 10.6 Å². The van der Waals surface area contributed by atoms with Crippen LogP contribution in [0.1, 0.15) is 37.6 Å². The van der Waals surface area contributed by atoms with Crippen molar-refractivity contribution in [2.45, 2.75) is 32.1 Å². The van der Waals surface area contributed by atoms with Crippen molar-refractivity contribution in [2.75, 3.05) is 13.1 Å². The predicted molar refractivity (Wildman–Crippen MR) is 93.6 cm³/mol. The first-order chi connectivity index (χ1) is 11.4. The third kappa shape index (κ3) is 4.04. The molecule has 0 unspecified atom stereocenters. The maximum Gasteiger partial charge on any atom is 0.269 e. The number of hydrogen-bond acceptors (Lipinski definition) is 4. The highest BCUT2D eigenvalue weighted by Crippen LogP contribution is 2.17. The van der Waals surface area contributed by atoms with Gasteiger partial charge in [0.2, 0.25) is 10.0 Å². The highest BCUT2D eigenvalue weighted by molar-refractivity contribution is 7.89. The molecule has 0 bridgehead atoms. The summed E-state index contributed by atoms with van der Waals surface area (Å²) in [6.07, 6.45) is 4.77. The summed E-state index contributed by atoms with van der Waals surface area (Å²) in [5.74, 6) is -0.384. The third-order valence-electron chi connectivity index (χ3n) is 3.81. The van der Waals surface area contributed by atoms with E-state index in [9.17, 15) is 13.2 Å². The largest absolute Gasteiger partial charge is 0.299 e. The molecule has 0 saturated carbocycles. The monoisotopic (exact) mass is 349 g/mol. The van der Waals surface area contributed by atoms with E-state index in [-0.39, 0.29) is 16.4 Å². The summed E-state index contributed by atoms with van der Waals surface area (Å²) >= 11 is 0. The Morgan fingerprint density at radius 3 is 2.54 bits per heavy atom. The lowest BCUT2D eigenvalue weighted by molar-refractivity contribution is 0.0939. The van der Waals surface area contributed by atoms with E-state index >= 15 is 0 Å². The Labute approximate surface area is 143 Å². The number of benzene rings is 1. The Bertz CT molecular complexity index is 778. The van der Waals surface area contributed by atoms with Crippen molar-refractivity contribution in [3.8, 4) is 0 Å². The Morgan fingerprint density at radius 1 is 1.25 bits per heavy atom. The Hall–Kier alpha value is -2.12. The molecule has 0 aromatic heterocycles. The van der Waals surface area contributed by atoms with E-state index in [1.165, 1.54) is 22.0 Å². The normalized spacial score (nSPS) is 14.3. The minimum atomic E-state index is -3.58. The van der Waals surface area contributed by atoms with Crippen molar-refractivity contribution >= 4 is 15.9 Å². The van der Waals surface area contributed by atoms with Crippen LogP contribution in [0.3, 0.4) is 0 Å². The summed E-state index contributed by atoms with van der Waals surface area (Å²) in [5.41, 5.74) is 7.75. The zero-order valence-corrected chi connectivity index (χ0v) is 15.0. The molecule has 1 aromatic rings. The number of sulfonamides is 1. The number of hydrogen-bond donors (Lipinski definition) is 2. The summed E-state index contributed by atoms with van der Waals surface area (Å²) in [6.45, 7) is 6.35. The Morgan fingerprint density at radius 2 is 1.96 bits per heavy atom. The highest BCUT2D eigenvalue weighted by Gasteiger charge is 2.22. The van der Waals surface area contributed by atoms with Gasteiger partial charge in [0.25, 0.3) is 5.91 Å². The number of nitrogens with one attached hydrogen (secondary N) is 2. The van der Waals surface area contributed by atoms with Gasteiger partial charge in [0.1, 0.15) is 0 Å². The molecule has 1 aromatic carbocycles. The van der Waals surface area contributed by atoms with E-state index in [1.54, 1.807) is 26.0 Å². The lowest BCUT2D eigenvalue weighted by Gasteiger charge is -2.18. The van der Waals surface area contributed by atoms with Crippen molar-refractivity contribution in [1.82, 2.24) is 15.2 Å². The van der Waals surface area contributed by atoms with Gasteiger partial charge in [-0.15, -0.1) is 0 Å². The Kier molecular flexibility index (Phi) is 5.80. The molecule has 1 amide bonds.